The average molecular weight is 386 g/mol. The Morgan fingerprint density at radius 1 is 1.32 bits per heavy atom. The minimum absolute atomic E-state index is 0.0256. The number of nitriles is 1. The van der Waals surface area contributed by atoms with Crippen molar-refractivity contribution in [3.63, 3.8) is 0 Å². The molecule has 0 radical (unpaired) electrons. The van der Waals surface area contributed by atoms with Crippen molar-refractivity contribution in [3.8, 4) is 17.6 Å². The third kappa shape index (κ3) is 4.39. The number of nitrogens with two attached hydrogens (primary N) is 1. The van der Waals surface area contributed by atoms with Gasteiger partial charge in [-0.15, -0.1) is 0 Å². The smallest absolute Gasteiger partial charge is 0.338 e. The zero-order valence-corrected chi connectivity index (χ0v) is 16.7. The first-order chi connectivity index (χ1) is 13.5. The van der Waals surface area contributed by atoms with E-state index >= 15 is 0 Å². The molecule has 2 N–H and O–H groups in total. The molecular weight excluding hydrogens is 360 g/mol. The van der Waals surface area contributed by atoms with Gasteiger partial charge < -0.3 is 24.7 Å². The van der Waals surface area contributed by atoms with Crippen LogP contribution in [0.25, 0.3) is 0 Å². The summed E-state index contributed by atoms with van der Waals surface area (Å²) in [5.41, 5.74) is 6.99. The van der Waals surface area contributed by atoms with Crippen molar-refractivity contribution in [2.75, 3.05) is 20.3 Å². The van der Waals surface area contributed by atoms with Gasteiger partial charge in [0.05, 0.1) is 31.8 Å². The Bertz CT molecular complexity index is 836. The monoisotopic (exact) mass is 386 g/mol. The summed E-state index contributed by atoms with van der Waals surface area (Å²) in [5.74, 6) is 0.135. The number of benzene rings is 1. The Kier molecular flexibility index (Phi) is 7.33. The van der Waals surface area contributed by atoms with Crippen molar-refractivity contribution in [3.05, 3.63) is 46.6 Å². The van der Waals surface area contributed by atoms with Crippen LogP contribution >= 0.6 is 0 Å². The van der Waals surface area contributed by atoms with Crippen LogP contribution in [0.2, 0.25) is 0 Å². The molecule has 7 heteroatoms. The zero-order valence-electron chi connectivity index (χ0n) is 16.7. The summed E-state index contributed by atoms with van der Waals surface area (Å²) in [6.45, 7) is 6.16. The highest BCUT2D eigenvalue weighted by Crippen LogP contribution is 2.42. The molecule has 0 aromatic heterocycles. The Morgan fingerprint density at radius 3 is 2.68 bits per heavy atom. The Morgan fingerprint density at radius 2 is 2.07 bits per heavy atom. The SMILES string of the molecule is CCCCOc1cc(C2C(C#N)=C(N)OC(C)=C2C(=O)OCC)ccc1OC. The maximum absolute atomic E-state index is 12.6. The maximum Gasteiger partial charge on any atom is 0.338 e. The number of esters is 1. The molecular formula is C21H26N2O5. The first kappa shape index (κ1) is 21.2. The molecule has 0 bridgehead atoms. The van der Waals surface area contributed by atoms with E-state index in [9.17, 15) is 10.1 Å². The summed E-state index contributed by atoms with van der Waals surface area (Å²) in [7, 11) is 1.56. The molecule has 0 saturated carbocycles. The summed E-state index contributed by atoms with van der Waals surface area (Å²) in [5, 5.41) is 9.65. The van der Waals surface area contributed by atoms with Gasteiger partial charge in [0.2, 0.25) is 5.88 Å². The van der Waals surface area contributed by atoms with Crippen LogP contribution in [0.3, 0.4) is 0 Å². The number of carbonyl (C=O) groups excluding carboxylic acids is 1. The van der Waals surface area contributed by atoms with Crippen molar-refractivity contribution in [2.24, 2.45) is 5.73 Å². The summed E-state index contributed by atoms with van der Waals surface area (Å²) in [4.78, 5) is 12.6. The molecule has 0 spiro atoms. The summed E-state index contributed by atoms with van der Waals surface area (Å²) < 4.78 is 21.8. The minimum atomic E-state index is -0.711. The normalized spacial score (nSPS) is 16.3. The lowest BCUT2D eigenvalue weighted by molar-refractivity contribution is -0.139. The summed E-state index contributed by atoms with van der Waals surface area (Å²) in [6.07, 6.45) is 1.89. The number of methoxy groups -OCH3 is 1. The van der Waals surface area contributed by atoms with Crippen LogP contribution in [0.4, 0.5) is 0 Å². The number of ether oxygens (including phenoxy) is 4. The summed E-state index contributed by atoms with van der Waals surface area (Å²) in [6, 6.07) is 7.35. The average Bonchev–Trinajstić information content (AvgIpc) is 2.67. The van der Waals surface area contributed by atoms with Crippen molar-refractivity contribution in [1.82, 2.24) is 0 Å². The summed E-state index contributed by atoms with van der Waals surface area (Å²) >= 11 is 0. The van der Waals surface area contributed by atoms with E-state index in [1.807, 2.05) is 0 Å². The van der Waals surface area contributed by atoms with Gasteiger partial charge in [-0.3, -0.25) is 0 Å². The molecule has 0 fully saturated rings. The lowest BCUT2D eigenvalue weighted by atomic mass is 9.83. The van der Waals surface area contributed by atoms with E-state index in [-0.39, 0.29) is 23.6 Å². The molecule has 28 heavy (non-hydrogen) atoms. The topological polar surface area (TPSA) is 104 Å². The van der Waals surface area contributed by atoms with Gasteiger partial charge in [0.15, 0.2) is 11.5 Å². The van der Waals surface area contributed by atoms with Gasteiger partial charge in [0.25, 0.3) is 0 Å². The Balaban J connectivity index is 2.55. The standard InChI is InChI=1S/C21H26N2O5/c1-5-7-10-27-17-11-14(8-9-16(17)25-4)19-15(12-22)20(23)28-13(3)18(19)21(24)26-6-2/h8-9,11,19H,5-7,10,23H2,1-4H3. The molecule has 1 aromatic carbocycles. The van der Waals surface area contributed by atoms with Crippen molar-refractivity contribution < 1.29 is 23.7 Å². The highest BCUT2D eigenvalue weighted by atomic mass is 16.5. The highest BCUT2D eigenvalue weighted by Gasteiger charge is 2.36. The van der Waals surface area contributed by atoms with E-state index in [1.165, 1.54) is 0 Å². The Hall–Kier alpha value is -3.14. The zero-order chi connectivity index (χ0) is 20.7. The lowest BCUT2D eigenvalue weighted by Gasteiger charge is -2.27. The molecule has 0 saturated heterocycles. The van der Waals surface area contributed by atoms with Crippen LogP contribution in [0.1, 0.15) is 45.1 Å². The van der Waals surface area contributed by atoms with Gasteiger partial charge in [0, 0.05) is 0 Å². The molecule has 1 aliphatic heterocycles. The van der Waals surface area contributed by atoms with E-state index in [4.69, 9.17) is 24.7 Å². The van der Waals surface area contributed by atoms with Gasteiger partial charge in [-0.25, -0.2) is 4.79 Å². The van der Waals surface area contributed by atoms with Crippen LogP contribution in [-0.4, -0.2) is 26.3 Å². The third-order valence-corrected chi connectivity index (χ3v) is 4.38. The fourth-order valence-electron chi connectivity index (χ4n) is 3.00. The largest absolute Gasteiger partial charge is 0.493 e. The molecule has 1 heterocycles. The fourth-order valence-corrected chi connectivity index (χ4v) is 3.00. The first-order valence-corrected chi connectivity index (χ1v) is 9.24. The fraction of sp³-hybridized carbons (Fsp3) is 0.429. The molecule has 150 valence electrons. The number of rotatable bonds is 8. The van der Waals surface area contributed by atoms with Gasteiger partial charge in [-0.05, 0) is 38.0 Å². The van der Waals surface area contributed by atoms with E-state index in [0.717, 1.165) is 12.8 Å². The van der Waals surface area contributed by atoms with Crippen molar-refractivity contribution in [1.29, 1.82) is 5.26 Å². The Labute approximate surface area is 165 Å². The second-order valence-corrected chi connectivity index (χ2v) is 6.23. The first-order valence-electron chi connectivity index (χ1n) is 9.24. The maximum atomic E-state index is 12.6. The van der Waals surface area contributed by atoms with Crippen LogP contribution in [0, 0.1) is 11.3 Å². The van der Waals surface area contributed by atoms with E-state index in [2.05, 4.69) is 13.0 Å². The second-order valence-electron chi connectivity index (χ2n) is 6.23. The van der Waals surface area contributed by atoms with E-state index in [0.29, 0.717) is 29.4 Å². The molecule has 7 nitrogen and oxygen atoms in total. The van der Waals surface area contributed by atoms with Crippen molar-refractivity contribution in [2.45, 2.75) is 39.5 Å². The van der Waals surface area contributed by atoms with E-state index < -0.39 is 11.9 Å². The number of carbonyl (C=O) groups is 1. The number of unbranched alkanes of at least 4 members (excludes halogenated alkanes) is 1. The third-order valence-electron chi connectivity index (χ3n) is 4.38. The number of allylic oxidation sites excluding steroid dienone is 2. The van der Waals surface area contributed by atoms with Gasteiger partial charge >= 0.3 is 5.97 Å². The van der Waals surface area contributed by atoms with Gasteiger partial charge in [-0.2, -0.15) is 5.26 Å². The van der Waals surface area contributed by atoms with Crippen LogP contribution < -0.4 is 15.2 Å². The van der Waals surface area contributed by atoms with Gasteiger partial charge in [0.1, 0.15) is 17.4 Å². The highest BCUT2D eigenvalue weighted by molar-refractivity contribution is 5.92. The predicted octanol–water partition coefficient (Wildman–Crippen LogP) is 3.52. The number of hydrogen-bond acceptors (Lipinski definition) is 7. The van der Waals surface area contributed by atoms with Crippen LogP contribution in [-0.2, 0) is 14.3 Å². The van der Waals surface area contributed by atoms with Gasteiger partial charge in [-0.1, -0.05) is 19.4 Å². The number of hydrogen-bond donors (Lipinski definition) is 1. The number of nitrogens with zero attached hydrogens (tertiary/aromatic N) is 1. The van der Waals surface area contributed by atoms with Crippen molar-refractivity contribution >= 4 is 5.97 Å². The second kappa shape index (κ2) is 9.70. The molecule has 1 unspecified atom stereocenters. The molecule has 2 rings (SSSR count). The van der Waals surface area contributed by atoms with Crippen LogP contribution in [0.15, 0.2) is 41.0 Å². The lowest BCUT2D eigenvalue weighted by Crippen LogP contribution is -2.25. The molecule has 1 aromatic rings. The molecule has 0 aliphatic carbocycles. The predicted molar refractivity (Wildman–Crippen MR) is 103 cm³/mol. The van der Waals surface area contributed by atoms with Crippen LogP contribution in [0.5, 0.6) is 11.5 Å². The quantitative estimate of drug-likeness (QED) is 0.538. The molecule has 1 atom stereocenters. The molecule has 1 aliphatic rings. The molecule has 0 amide bonds. The minimum Gasteiger partial charge on any atom is -0.493 e. The van der Waals surface area contributed by atoms with E-state index in [1.54, 1.807) is 39.2 Å².